The van der Waals surface area contributed by atoms with Gasteiger partial charge in [-0.1, -0.05) is 6.07 Å². The van der Waals surface area contributed by atoms with Gasteiger partial charge in [0.25, 0.3) is 5.91 Å². The molecule has 7 heteroatoms. The van der Waals surface area contributed by atoms with Gasteiger partial charge in [0.1, 0.15) is 5.82 Å². The van der Waals surface area contributed by atoms with Crippen LogP contribution >= 0.6 is 0 Å². The van der Waals surface area contributed by atoms with Crippen LogP contribution in [0.25, 0.3) is 0 Å². The number of alkyl halides is 3. The summed E-state index contributed by atoms with van der Waals surface area (Å²) in [5.74, 6) is -2.15. The predicted octanol–water partition coefficient (Wildman–Crippen LogP) is 2.81. The number of rotatable bonds is 1. The van der Waals surface area contributed by atoms with Crippen LogP contribution in [0.1, 0.15) is 35.2 Å². The lowest BCUT2D eigenvalue weighted by atomic mass is 10.1. The molecule has 1 amide bonds. The van der Waals surface area contributed by atoms with Crippen molar-refractivity contribution < 1.29 is 22.4 Å². The summed E-state index contributed by atoms with van der Waals surface area (Å²) in [5.41, 5.74) is -1.90. The number of carbonyl (C=O) groups is 1. The maximum absolute atomic E-state index is 14.1. The molecular weight excluding hydrogens is 300 g/mol. The first kappa shape index (κ1) is 15.3. The molecule has 1 N–H and O–H groups in total. The molecule has 1 aromatic carbocycles. The molecule has 1 aromatic rings. The van der Waals surface area contributed by atoms with Gasteiger partial charge in [0.2, 0.25) is 0 Å². The monoisotopic (exact) mass is 316 g/mol. The van der Waals surface area contributed by atoms with E-state index in [1.54, 1.807) is 0 Å². The van der Waals surface area contributed by atoms with Crippen molar-refractivity contribution in [3.05, 3.63) is 35.1 Å². The fourth-order valence-corrected chi connectivity index (χ4v) is 3.21. The summed E-state index contributed by atoms with van der Waals surface area (Å²) in [6.45, 7) is 0.841. The summed E-state index contributed by atoms with van der Waals surface area (Å²) in [4.78, 5) is 13.9. The Hall–Kier alpha value is -1.63. The van der Waals surface area contributed by atoms with Crippen molar-refractivity contribution in [3.8, 4) is 0 Å². The smallest absolute Gasteiger partial charge is 0.337 e. The minimum atomic E-state index is -4.81. The highest BCUT2D eigenvalue weighted by Crippen LogP contribution is 2.33. The summed E-state index contributed by atoms with van der Waals surface area (Å²) in [5, 5.41) is 3.37. The highest BCUT2D eigenvalue weighted by Gasteiger charge is 2.37. The molecule has 0 spiro atoms. The van der Waals surface area contributed by atoms with Crippen LogP contribution in [0.4, 0.5) is 17.6 Å². The number of fused-ring (bicyclic) bond motifs is 2. The van der Waals surface area contributed by atoms with Gasteiger partial charge in [-0.2, -0.15) is 13.2 Å². The molecule has 3 rings (SSSR count). The van der Waals surface area contributed by atoms with Gasteiger partial charge in [-0.15, -0.1) is 0 Å². The average Bonchev–Trinajstić information content (AvgIpc) is 2.76. The number of halogens is 4. The zero-order valence-electron chi connectivity index (χ0n) is 11.8. The van der Waals surface area contributed by atoms with Crippen molar-refractivity contribution in [2.24, 2.45) is 0 Å². The Balaban J connectivity index is 1.86. The van der Waals surface area contributed by atoms with Gasteiger partial charge >= 0.3 is 6.18 Å². The molecule has 0 aromatic heterocycles. The number of nitrogens with one attached hydrogen (secondary N) is 1. The second-order valence-corrected chi connectivity index (χ2v) is 5.84. The molecule has 0 saturated carbocycles. The number of likely N-dealkylation sites (tertiary alicyclic amines) is 1. The third-order valence-electron chi connectivity index (χ3n) is 4.34. The first-order valence-corrected chi connectivity index (χ1v) is 7.27. The van der Waals surface area contributed by atoms with Gasteiger partial charge in [0, 0.05) is 25.2 Å². The summed E-state index contributed by atoms with van der Waals surface area (Å²) in [6, 6.07) is 3.32. The topological polar surface area (TPSA) is 32.3 Å². The van der Waals surface area contributed by atoms with Crippen molar-refractivity contribution in [2.75, 3.05) is 13.1 Å². The lowest BCUT2D eigenvalue weighted by Gasteiger charge is -2.25. The molecule has 2 aliphatic rings. The Morgan fingerprint density at radius 2 is 1.91 bits per heavy atom. The molecule has 22 heavy (non-hydrogen) atoms. The van der Waals surface area contributed by atoms with Gasteiger partial charge < -0.3 is 10.2 Å². The van der Waals surface area contributed by atoms with E-state index in [9.17, 15) is 22.4 Å². The van der Waals surface area contributed by atoms with E-state index in [1.165, 1.54) is 4.90 Å². The Morgan fingerprint density at radius 1 is 1.18 bits per heavy atom. The third kappa shape index (κ3) is 2.82. The standard InChI is InChI=1S/C15H16F4N2O/c16-13-11(2-1-3-12(13)15(17,18)19)14(22)21-7-6-9-4-5-10(8-21)20-9/h1-3,9-10,20H,4-8H2/t9-,10+/m1/s1. The Kier molecular flexibility index (Phi) is 3.84. The summed E-state index contributed by atoms with van der Waals surface area (Å²) < 4.78 is 52.3. The highest BCUT2D eigenvalue weighted by atomic mass is 19.4. The van der Waals surface area contributed by atoms with Crippen LogP contribution in [0.5, 0.6) is 0 Å². The van der Waals surface area contributed by atoms with Crippen LogP contribution in [0.2, 0.25) is 0 Å². The molecule has 0 aliphatic carbocycles. The summed E-state index contributed by atoms with van der Waals surface area (Å²) in [6.07, 6.45) is -2.09. The zero-order valence-corrected chi connectivity index (χ0v) is 11.8. The number of carbonyl (C=O) groups excluding carboxylic acids is 1. The van der Waals surface area contributed by atoms with Crippen molar-refractivity contribution in [1.82, 2.24) is 10.2 Å². The molecular formula is C15H16F4N2O. The Morgan fingerprint density at radius 3 is 2.64 bits per heavy atom. The molecule has 120 valence electrons. The second kappa shape index (κ2) is 5.53. The fraction of sp³-hybridized carbons (Fsp3) is 0.533. The molecule has 2 bridgehead atoms. The van der Waals surface area contributed by atoms with Crippen molar-refractivity contribution in [3.63, 3.8) is 0 Å². The molecule has 2 aliphatic heterocycles. The zero-order chi connectivity index (χ0) is 15.9. The molecule has 2 heterocycles. The van der Waals surface area contributed by atoms with Gasteiger partial charge in [-0.05, 0) is 31.4 Å². The van der Waals surface area contributed by atoms with Gasteiger partial charge in [-0.3, -0.25) is 4.79 Å². The number of benzene rings is 1. The lowest BCUT2D eigenvalue weighted by Crippen LogP contribution is -2.39. The van der Waals surface area contributed by atoms with E-state index in [4.69, 9.17) is 0 Å². The van der Waals surface area contributed by atoms with Crippen LogP contribution in [0, 0.1) is 5.82 Å². The van der Waals surface area contributed by atoms with E-state index >= 15 is 0 Å². The van der Waals surface area contributed by atoms with Crippen molar-refractivity contribution in [2.45, 2.75) is 37.5 Å². The highest BCUT2D eigenvalue weighted by molar-refractivity contribution is 5.94. The first-order chi connectivity index (χ1) is 10.4. The molecule has 0 radical (unpaired) electrons. The quantitative estimate of drug-likeness (QED) is 0.808. The Labute approximate surface area is 125 Å². The lowest BCUT2D eigenvalue weighted by molar-refractivity contribution is -0.140. The molecule has 2 atom stereocenters. The van der Waals surface area contributed by atoms with Gasteiger partial charge in [0.05, 0.1) is 11.1 Å². The number of nitrogens with zero attached hydrogens (tertiary/aromatic N) is 1. The minimum absolute atomic E-state index is 0.144. The van der Waals surface area contributed by atoms with E-state index in [0.717, 1.165) is 31.4 Å². The summed E-state index contributed by atoms with van der Waals surface area (Å²) >= 11 is 0. The van der Waals surface area contributed by atoms with Crippen LogP contribution in [-0.2, 0) is 6.18 Å². The van der Waals surface area contributed by atoms with Gasteiger partial charge in [0.15, 0.2) is 0 Å². The van der Waals surface area contributed by atoms with Crippen LogP contribution in [0.3, 0.4) is 0 Å². The maximum Gasteiger partial charge on any atom is 0.419 e. The van der Waals surface area contributed by atoms with E-state index in [1.807, 2.05) is 0 Å². The normalized spacial score (nSPS) is 25.2. The van der Waals surface area contributed by atoms with Crippen LogP contribution in [0.15, 0.2) is 18.2 Å². The largest absolute Gasteiger partial charge is 0.419 e. The maximum atomic E-state index is 14.1. The third-order valence-corrected chi connectivity index (χ3v) is 4.34. The molecule has 3 nitrogen and oxygen atoms in total. The van der Waals surface area contributed by atoms with Gasteiger partial charge in [-0.25, -0.2) is 4.39 Å². The predicted molar refractivity (Wildman–Crippen MR) is 71.9 cm³/mol. The van der Waals surface area contributed by atoms with Crippen molar-refractivity contribution >= 4 is 5.91 Å². The number of hydrogen-bond donors (Lipinski definition) is 1. The van der Waals surface area contributed by atoms with Crippen molar-refractivity contribution in [1.29, 1.82) is 0 Å². The number of amides is 1. The SMILES string of the molecule is O=C(c1cccc(C(F)(F)F)c1F)N1CC[C@H]2CC[C@@H](C1)N2. The van der Waals surface area contributed by atoms with E-state index in [0.29, 0.717) is 25.2 Å². The number of hydrogen-bond acceptors (Lipinski definition) is 2. The van der Waals surface area contributed by atoms with E-state index < -0.39 is 29.0 Å². The molecule has 0 unspecified atom stereocenters. The minimum Gasteiger partial charge on any atom is -0.337 e. The van der Waals surface area contributed by atoms with Crippen LogP contribution in [-0.4, -0.2) is 36.0 Å². The van der Waals surface area contributed by atoms with E-state index in [-0.39, 0.29) is 6.04 Å². The fourth-order valence-electron chi connectivity index (χ4n) is 3.21. The first-order valence-electron chi connectivity index (χ1n) is 7.27. The molecule has 2 saturated heterocycles. The molecule has 2 fully saturated rings. The Bertz CT molecular complexity index is 587. The second-order valence-electron chi connectivity index (χ2n) is 5.84. The van der Waals surface area contributed by atoms with Crippen LogP contribution < -0.4 is 5.32 Å². The van der Waals surface area contributed by atoms with E-state index in [2.05, 4.69) is 5.32 Å². The summed E-state index contributed by atoms with van der Waals surface area (Å²) in [7, 11) is 0. The average molecular weight is 316 g/mol.